The minimum atomic E-state index is -0.727. The molecule has 0 aliphatic carbocycles. The van der Waals surface area contributed by atoms with E-state index < -0.39 is 24.4 Å². The lowest BCUT2D eigenvalue weighted by Gasteiger charge is -2.12. The zero-order chi connectivity index (χ0) is 21.4. The first-order valence-corrected chi connectivity index (χ1v) is 9.09. The van der Waals surface area contributed by atoms with E-state index in [-0.39, 0.29) is 5.56 Å². The molecule has 0 aliphatic heterocycles. The Morgan fingerprint density at radius 2 is 1.76 bits per heavy atom. The van der Waals surface area contributed by atoms with Crippen LogP contribution in [0, 0.1) is 0 Å². The number of benzene rings is 1. The number of amides is 2. The first-order chi connectivity index (χ1) is 13.9. The molecule has 0 aliphatic rings. The van der Waals surface area contributed by atoms with Crippen LogP contribution in [0.3, 0.4) is 0 Å². The molecule has 0 unspecified atom stereocenters. The molecule has 1 aromatic carbocycles. The first kappa shape index (κ1) is 21.8. The molecule has 0 spiro atoms. The Hall–Kier alpha value is -3.53. The Morgan fingerprint density at radius 3 is 2.31 bits per heavy atom. The summed E-state index contributed by atoms with van der Waals surface area (Å²) in [5.41, 5.74) is 6.00. The number of methoxy groups -OCH3 is 3. The number of ether oxygens (including phenoxy) is 4. The van der Waals surface area contributed by atoms with E-state index in [4.69, 9.17) is 24.7 Å². The number of carbonyl (C=O) groups excluding carboxylic acids is 3. The van der Waals surface area contributed by atoms with Gasteiger partial charge < -0.3 is 30.0 Å². The van der Waals surface area contributed by atoms with Crippen molar-refractivity contribution < 1.29 is 33.3 Å². The van der Waals surface area contributed by atoms with E-state index in [2.05, 4.69) is 5.32 Å². The molecule has 0 atom stereocenters. The lowest BCUT2D eigenvalue weighted by molar-refractivity contribution is -0.142. The fourth-order valence-electron chi connectivity index (χ4n) is 2.31. The van der Waals surface area contributed by atoms with Crippen LogP contribution in [0.4, 0.5) is 5.00 Å². The zero-order valence-electron chi connectivity index (χ0n) is 16.0. The maximum atomic E-state index is 11.9. The van der Waals surface area contributed by atoms with Gasteiger partial charge in [-0.05, 0) is 35.2 Å². The minimum Gasteiger partial charge on any atom is -0.493 e. The summed E-state index contributed by atoms with van der Waals surface area (Å²) in [7, 11) is 4.45. The van der Waals surface area contributed by atoms with E-state index in [1.165, 1.54) is 33.5 Å². The number of nitrogens with one attached hydrogen (secondary N) is 1. The second kappa shape index (κ2) is 10.1. The summed E-state index contributed by atoms with van der Waals surface area (Å²) < 4.78 is 20.6. The van der Waals surface area contributed by atoms with Gasteiger partial charge in [-0.2, -0.15) is 0 Å². The summed E-state index contributed by atoms with van der Waals surface area (Å²) in [6.45, 7) is -0.519. The summed E-state index contributed by atoms with van der Waals surface area (Å²) >= 11 is 1.14. The molecule has 2 rings (SSSR count). The summed E-state index contributed by atoms with van der Waals surface area (Å²) in [5.74, 6) is -0.692. The standard InChI is InChI=1S/C19H20N2O7S/c1-25-13-8-11(9-14(26-2)17(13)27-3)4-5-16(23)28-10-15(22)21-19-12(18(20)24)6-7-29-19/h4-9H,10H2,1-3H3,(H2,20,24)(H,21,22). The Labute approximate surface area is 171 Å². The topological polar surface area (TPSA) is 126 Å². The number of rotatable bonds is 9. The van der Waals surface area contributed by atoms with Gasteiger partial charge in [0.15, 0.2) is 18.1 Å². The minimum absolute atomic E-state index is 0.192. The molecule has 9 nitrogen and oxygen atoms in total. The van der Waals surface area contributed by atoms with Gasteiger partial charge in [0.1, 0.15) is 5.00 Å². The van der Waals surface area contributed by atoms with E-state index in [1.807, 2.05) is 0 Å². The number of hydrogen-bond acceptors (Lipinski definition) is 8. The number of anilines is 1. The van der Waals surface area contributed by atoms with Gasteiger partial charge in [-0.1, -0.05) is 0 Å². The van der Waals surface area contributed by atoms with Gasteiger partial charge in [0.25, 0.3) is 11.8 Å². The van der Waals surface area contributed by atoms with Crippen LogP contribution in [-0.2, 0) is 14.3 Å². The van der Waals surface area contributed by atoms with Crippen LogP contribution in [0.15, 0.2) is 29.7 Å². The van der Waals surface area contributed by atoms with Crippen molar-refractivity contribution in [1.82, 2.24) is 0 Å². The predicted octanol–water partition coefficient (Wildman–Crippen LogP) is 2.07. The molecule has 2 amide bonds. The summed E-state index contributed by atoms with van der Waals surface area (Å²) in [6, 6.07) is 4.80. The van der Waals surface area contributed by atoms with Gasteiger partial charge >= 0.3 is 5.97 Å². The van der Waals surface area contributed by atoms with Crippen LogP contribution >= 0.6 is 11.3 Å². The van der Waals surface area contributed by atoms with Crippen LogP contribution in [-0.4, -0.2) is 45.7 Å². The fourth-order valence-corrected chi connectivity index (χ4v) is 3.12. The monoisotopic (exact) mass is 420 g/mol. The Kier molecular flexibility index (Phi) is 7.61. The van der Waals surface area contributed by atoms with Gasteiger partial charge in [-0.3, -0.25) is 9.59 Å². The summed E-state index contributed by atoms with van der Waals surface area (Å²) in [6.07, 6.45) is 2.64. The number of primary amides is 1. The lowest BCUT2D eigenvalue weighted by Crippen LogP contribution is -2.21. The zero-order valence-corrected chi connectivity index (χ0v) is 16.8. The quantitative estimate of drug-likeness (QED) is 0.470. The third-order valence-electron chi connectivity index (χ3n) is 3.63. The average Bonchev–Trinajstić information content (AvgIpc) is 3.18. The molecule has 0 fully saturated rings. The first-order valence-electron chi connectivity index (χ1n) is 8.21. The molecule has 1 heterocycles. The van der Waals surface area contributed by atoms with Crippen molar-refractivity contribution in [2.45, 2.75) is 0 Å². The van der Waals surface area contributed by atoms with E-state index in [9.17, 15) is 14.4 Å². The molecular weight excluding hydrogens is 400 g/mol. The van der Waals surface area contributed by atoms with Crippen LogP contribution in [0.1, 0.15) is 15.9 Å². The second-order valence-electron chi connectivity index (χ2n) is 5.48. The molecule has 10 heteroatoms. The largest absolute Gasteiger partial charge is 0.493 e. The van der Waals surface area contributed by atoms with Crippen molar-refractivity contribution >= 4 is 40.2 Å². The van der Waals surface area contributed by atoms with Gasteiger partial charge in [0.2, 0.25) is 5.75 Å². The molecular formula is C19H20N2O7S. The highest BCUT2D eigenvalue weighted by molar-refractivity contribution is 7.14. The van der Waals surface area contributed by atoms with Crippen molar-refractivity contribution in [2.24, 2.45) is 5.73 Å². The highest BCUT2D eigenvalue weighted by Gasteiger charge is 2.14. The van der Waals surface area contributed by atoms with Crippen LogP contribution in [0.5, 0.6) is 17.2 Å². The smallest absolute Gasteiger partial charge is 0.331 e. The maximum Gasteiger partial charge on any atom is 0.331 e. The van der Waals surface area contributed by atoms with E-state index in [0.29, 0.717) is 27.8 Å². The Morgan fingerprint density at radius 1 is 1.10 bits per heavy atom. The van der Waals surface area contributed by atoms with Gasteiger partial charge in [-0.25, -0.2) is 4.79 Å². The Bertz CT molecular complexity index is 911. The maximum absolute atomic E-state index is 11.9. The number of thiophene rings is 1. The third kappa shape index (κ3) is 5.72. The van der Waals surface area contributed by atoms with Gasteiger partial charge in [-0.15, -0.1) is 11.3 Å². The molecule has 0 bridgehead atoms. The molecule has 3 N–H and O–H groups in total. The molecule has 0 radical (unpaired) electrons. The van der Waals surface area contributed by atoms with Crippen molar-refractivity contribution in [1.29, 1.82) is 0 Å². The number of esters is 1. The van der Waals surface area contributed by atoms with E-state index >= 15 is 0 Å². The van der Waals surface area contributed by atoms with Gasteiger partial charge in [0.05, 0.1) is 26.9 Å². The molecule has 2 aromatic rings. The van der Waals surface area contributed by atoms with Crippen LogP contribution in [0.25, 0.3) is 6.08 Å². The average molecular weight is 420 g/mol. The van der Waals surface area contributed by atoms with Crippen LogP contribution in [0.2, 0.25) is 0 Å². The molecule has 154 valence electrons. The van der Waals surface area contributed by atoms with E-state index in [0.717, 1.165) is 17.4 Å². The normalized spacial score (nSPS) is 10.4. The molecule has 29 heavy (non-hydrogen) atoms. The number of carbonyl (C=O) groups is 3. The van der Waals surface area contributed by atoms with Gasteiger partial charge in [0, 0.05) is 6.08 Å². The van der Waals surface area contributed by atoms with Crippen molar-refractivity contribution in [2.75, 3.05) is 33.3 Å². The second-order valence-corrected chi connectivity index (χ2v) is 6.39. The number of nitrogens with two attached hydrogens (primary N) is 1. The summed E-state index contributed by atoms with van der Waals surface area (Å²) in [4.78, 5) is 35.0. The van der Waals surface area contributed by atoms with Crippen molar-refractivity contribution in [3.05, 3.63) is 40.8 Å². The van der Waals surface area contributed by atoms with Crippen molar-refractivity contribution in [3.63, 3.8) is 0 Å². The van der Waals surface area contributed by atoms with E-state index in [1.54, 1.807) is 17.5 Å². The van der Waals surface area contributed by atoms with Crippen LogP contribution < -0.4 is 25.3 Å². The lowest BCUT2D eigenvalue weighted by atomic mass is 10.1. The SMILES string of the molecule is COc1cc(C=CC(=O)OCC(=O)Nc2sccc2C(N)=O)cc(OC)c1OC. The molecule has 0 saturated carbocycles. The fraction of sp³-hybridized carbons (Fsp3) is 0.211. The predicted molar refractivity (Wildman–Crippen MR) is 108 cm³/mol. The number of hydrogen-bond donors (Lipinski definition) is 2. The molecule has 1 aromatic heterocycles. The third-order valence-corrected chi connectivity index (χ3v) is 4.46. The highest BCUT2D eigenvalue weighted by Crippen LogP contribution is 2.38. The summed E-state index contributed by atoms with van der Waals surface area (Å²) in [5, 5.41) is 4.38. The Balaban J connectivity index is 1.96. The van der Waals surface area contributed by atoms with Crippen molar-refractivity contribution in [3.8, 4) is 17.2 Å². The molecule has 0 saturated heterocycles. The highest BCUT2D eigenvalue weighted by atomic mass is 32.1.